The van der Waals surface area contributed by atoms with Gasteiger partial charge in [0.05, 0.1) is 13.7 Å². The van der Waals surface area contributed by atoms with Crippen molar-refractivity contribution in [3.05, 3.63) is 24.3 Å². The molecule has 0 fully saturated rings. The normalized spacial score (nSPS) is 9.62. The number of rotatable bonds is 6. The standard InChI is InChI=1S/C13H17N3O5/c1-16(9-4-3-5-10(6-9)21-2)13(20)15-7-11(17)14-8-12(18)19/h3-6H,7-8H2,1-2H3,(H,14,17)(H,15,20)(H,18,19). The molecule has 0 aliphatic heterocycles. The van der Waals surface area contributed by atoms with Crippen molar-refractivity contribution in [2.45, 2.75) is 0 Å². The summed E-state index contributed by atoms with van der Waals surface area (Å²) >= 11 is 0. The number of carbonyl (C=O) groups excluding carboxylic acids is 2. The fourth-order valence-electron chi connectivity index (χ4n) is 1.45. The number of hydrogen-bond acceptors (Lipinski definition) is 4. The summed E-state index contributed by atoms with van der Waals surface area (Å²) in [5.74, 6) is -1.13. The number of carbonyl (C=O) groups is 3. The Hall–Kier alpha value is -2.77. The van der Waals surface area contributed by atoms with E-state index in [2.05, 4.69) is 10.6 Å². The molecule has 114 valence electrons. The van der Waals surface area contributed by atoms with Gasteiger partial charge in [-0.25, -0.2) is 4.79 Å². The molecule has 8 nitrogen and oxygen atoms in total. The molecular formula is C13H17N3O5. The Balaban J connectivity index is 2.50. The van der Waals surface area contributed by atoms with E-state index in [1.54, 1.807) is 31.3 Å². The molecule has 0 radical (unpaired) electrons. The van der Waals surface area contributed by atoms with E-state index < -0.39 is 24.5 Å². The first-order valence-electron chi connectivity index (χ1n) is 6.08. The van der Waals surface area contributed by atoms with Crippen molar-refractivity contribution in [1.82, 2.24) is 10.6 Å². The van der Waals surface area contributed by atoms with Gasteiger partial charge in [0.25, 0.3) is 0 Å². The number of anilines is 1. The fraction of sp³-hybridized carbons (Fsp3) is 0.308. The van der Waals surface area contributed by atoms with Gasteiger partial charge in [-0.1, -0.05) is 6.07 Å². The van der Waals surface area contributed by atoms with Crippen LogP contribution in [0.1, 0.15) is 0 Å². The van der Waals surface area contributed by atoms with E-state index >= 15 is 0 Å². The first-order chi connectivity index (χ1) is 9.93. The molecule has 3 N–H and O–H groups in total. The molecular weight excluding hydrogens is 278 g/mol. The number of nitrogens with zero attached hydrogens (tertiary/aromatic N) is 1. The van der Waals surface area contributed by atoms with Gasteiger partial charge >= 0.3 is 12.0 Å². The van der Waals surface area contributed by atoms with Gasteiger partial charge in [0, 0.05) is 18.8 Å². The van der Waals surface area contributed by atoms with E-state index in [-0.39, 0.29) is 6.54 Å². The molecule has 0 aliphatic carbocycles. The van der Waals surface area contributed by atoms with Crippen LogP contribution in [0.25, 0.3) is 0 Å². The maximum absolute atomic E-state index is 11.9. The molecule has 8 heteroatoms. The molecule has 0 unspecified atom stereocenters. The Bertz CT molecular complexity index is 532. The Morgan fingerprint density at radius 2 is 1.95 bits per heavy atom. The van der Waals surface area contributed by atoms with E-state index in [1.807, 2.05) is 0 Å². The molecule has 3 amide bonds. The van der Waals surface area contributed by atoms with Crippen molar-refractivity contribution in [1.29, 1.82) is 0 Å². The van der Waals surface area contributed by atoms with Gasteiger partial charge in [-0.3, -0.25) is 14.5 Å². The number of nitrogens with one attached hydrogen (secondary N) is 2. The van der Waals surface area contributed by atoms with E-state index in [4.69, 9.17) is 9.84 Å². The fourth-order valence-corrected chi connectivity index (χ4v) is 1.45. The van der Waals surface area contributed by atoms with E-state index in [0.717, 1.165) is 0 Å². The molecule has 0 spiro atoms. The summed E-state index contributed by atoms with van der Waals surface area (Å²) in [5.41, 5.74) is 0.595. The second kappa shape index (κ2) is 7.73. The number of ether oxygens (including phenoxy) is 1. The molecule has 0 heterocycles. The number of amides is 3. The molecule has 0 saturated heterocycles. The Kier molecular flexibility index (Phi) is 5.99. The van der Waals surface area contributed by atoms with Gasteiger partial charge in [0.1, 0.15) is 12.3 Å². The largest absolute Gasteiger partial charge is 0.497 e. The molecule has 1 rings (SSSR count). The third kappa shape index (κ3) is 5.39. The van der Waals surface area contributed by atoms with Crippen molar-refractivity contribution in [2.24, 2.45) is 0 Å². The van der Waals surface area contributed by atoms with Crippen LogP contribution in [0.4, 0.5) is 10.5 Å². The van der Waals surface area contributed by atoms with Crippen molar-refractivity contribution >= 4 is 23.6 Å². The highest BCUT2D eigenvalue weighted by atomic mass is 16.5. The second-order valence-electron chi connectivity index (χ2n) is 4.09. The van der Waals surface area contributed by atoms with Gasteiger partial charge in [-0.05, 0) is 12.1 Å². The third-order valence-electron chi connectivity index (χ3n) is 2.58. The maximum atomic E-state index is 11.9. The first-order valence-corrected chi connectivity index (χ1v) is 6.08. The van der Waals surface area contributed by atoms with Gasteiger partial charge < -0.3 is 20.5 Å². The Labute approximate surface area is 121 Å². The molecule has 1 aromatic rings. The summed E-state index contributed by atoms with van der Waals surface area (Å²) in [6, 6.07) is 6.37. The first kappa shape index (κ1) is 16.3. The summed E-state index contributed by atoms with van der Waals surface area (Å²) in [6.45, 7) is -0.791. The van der Waals surface area contributed by atoms with E-state index in [1.165, 1.54) is 12.0 Å². The smallest absolute Gasteiger partial charge is 0.322 e. The third-order valence-corrected chi connectivity index (χ3v) is 2.58. The number of methoxy groups -OCH3 is 1. The quantitative estimate of drug-likeness (QED) is 0.687. The van der Waals surface area contributed by atoms with Gasteiger partial charge in [-0.15, -0.1) is 0 Å². The highest BCUT2D eigenvalue weighted by Gasteiger charge is 2.12. The average molecular weight is 295 g/mol. The Morgan fingerprint density at radius 1 is 1.24 bits per heavy atom. The number of urea groups is 1. The van der Waals surface area contributed by atoms with E-state index in [9.17, 15) is 14.4 Å². The van der Waals surface area contributed by atoms with Crippen LogP contribution in [0.5, 0.6) is 5.75 Å². The van der Waals surface area contributed by atoms with E-state index in [0.29, 0.717) is 11.4 Å². The van der Waals surface area contributed by atoms with Crippen LogP contribution in [0.2, 0.25) is 0 Å². The van der Waals surface area contributed by atoms with Crippen molar-refractivity contribution in [2.75, 3.05) is 32.1 Å². The minimum absolute atomic E-state index is 0.305. The molecule has 1 aromatic carbocycles. The minimum Gasteiger partial charge on any atom is -0.497 e. The summed E-state index contributed by atoms with van der Waals surface area (Å²) in [4.78, 5) is 34.7. The van der Waals surface area contributed by atoms with Crippen LogP contribution in [0.15, 0.2) is 24.3 Å². The monoisotopic (exact) mass is 295 g/mol. The predicted molar refractivity (Wildman–Crippen MR) is 75.4 cm³/mol. The zero-order chi connectivity index (χ0) is 15.8. The van der Waals surface area contributed by atoms with Crippen LogP contribution in [-0.4, -0.2) is 50.3 Å². The highest BCUT2D eigenvalue weighted by Crippen LogP contribution is 2.19. The lowest BCUT2D eigenvalue weighted by Gasteiger charge is -2.18. The maximum Gasteiger partial charge on any atom is 0.322 e. The molecule has 0 aliphatic rings. The summed E-state index contributed by atoms with van der Waals surface area (Å²) in [7, 11) is 3.06. The molecule has 0 aromatic heterocycles. The van der Waals surface area contributed by atoms with Crippen molar-refractivity contribution in [3.8, 4) is 5.75 Å². The Morgan fingerprint density at radius 3 is 2.57 bits per heavy atom. The zero-order valence-electron chi connectivity index (χ0n) is 11.8. The van der Waals surface area contributed by atoms with Crippen LogP contribution in [-0.2, 0) is 9.59 Å². The van der Waals surface area contributed by atoms with Gasteiger partial charge in [0.15, 0.2) is 0 Å². The number of carboxylic acid groups (broad SMARTS) is 1. The average Bonchev–Trinajstić information content (AvgIpc) is 2.49. The topological polar surface area (TPSA) is 108 Å². The van der Waals surface area contributed by atoms with Crippen LogP contribution >= 0.6 is 0 Å². The van der Waals surface area contributed by atoms with Crippen molar-refractivity contribution in [3.63, 3.8) is 0 Å². The highest BCUT2D eigenvalue weighted by molar-refractivity contribution is 5.94. The van der Waals surface area contributed by atoms with Crippen LogP contribution in [0.3, 0.4) is 0 Å². The van der Waals surface area contributed by atoms with Crippen LogP contribution in [0, 0.1) is 0 Å². The lowest BCUT2D eigenvalue weighted by Crippen LogP contribution is -2.43. The predicted octanol–water partition coefficient (Wildman–Crippen LogP) is 0.0418. The summed E-state index contributed by atoms with van der Waals surface area (Å²) < 4.78 is 5.06. The lowest BCUT2D eigenvalue weighted by molar-refractivity contribution is -0.137. The molecule has 0 saturated carbocycles. The number of carboxylic acids is 1. The summed E-state index contributed by atoms with van der Waals surface area (Å²) in [5, 5.41) is 12.9. The zero-order valence-corrected chi connectivity index (χ0v) is 11.8. The molecule has 21 heavy (non-hydrogen) atoms. The molecule has 0 atom stereocenters. The minimum atomic E-state index is -1.15. The SMILES string of the molecule is COc1cccc(N(C)C(=O)NCC(=O)NCC(=O)O)c1. The van der Waals surface area contributed by atoms with Crippen molar-refractivity contribution < 1.29 is 24.2 Å². The van der Waals surface area contributed by atoms with Gasteiger partial charge in [-0.2, -0.15) is 0 Å². The summed E-state index contributed by atoms with van der Waals surface area (Å²) in [6.07, 6.45) is 0. The molecule has 0 bridgehead atoms. The van der Waals surface area contributed by atoms with Crippen LogP contribution < -0.4 is 20.3 Å². The number of hydrogen-bond donors (Lipinski definition) is 3. The number of benzene rings is 1. The van der Waals surface area contributed by atoms with Gasteiger partial charge in [0.2, 0.25) is 5.91 Å². The number of aliphatic carboxylic acids is 1. The second-order valence-corrected chi connectivity index (χ2v) is 4.09. The lowest BCUT2D eigenvalue weighted by atomic mass is 10.3.